The van der Waals surface area contributed by atoms with Crippen molar-refractivity contribution in [2.45, 2.75) is 12.5 Å². The summed E-state index contributed by atoms with van der Waals surface area (Å²) in [6, 6.07) is 47.3. The van der Waals surface area contributed by atoms with Crippen molar-refractivity contribution in [2.75, 3.05) is 0 Å². The molecule has 9 rings (SSSR count). The molecule has 2 aromatic heterocycles. The van der Waals surface area contributed by atoms with Gasteiger partial charge in [0.25, 0.3) is 0 Å². The minimum atomic E-state index is -0.0239. The number of hydrogen-bond acceptors (Lipinski definition) is 2. The number of para-hydroxylation sites is 1. The van der Waals surface area contributed by atoms with E-state index in [0.717, 1.165) is 40.4 Å². The fourth-order valence-electron chi connectivity index (χ4n) is 6.74. The molecule has 1 aliphatic rings. The monoisotopic (exact) mass is 538 g/mol. The molecule has 0 saturated carbocycles. The minimum absolute atomic E-state index is 0.0239. The number of benzene rings is 6. The lowest BCUT2D eigenvalue weighted by molar-refractivity contribution is 0.745. The van der Waals surface area contributed by atoms with Gasteiger partial charge < -0.3 is 4.57 Å². The number of rotatable bonds is 3. The molecule has 42 heavy (non-hydrogen) atoms. The van der Waals surface area contributed by atoms with Gasteiger partial charge in [0.2, 0.25) is 5.96 Å². The molecular formula is C38H26N4. The van der Waals surface area contributed by atoms with E-state index in [-0.39, 0.29) is 6.04 Å². The maximum absolute atomic E-state index is 5.36. The van der Waals surface area contributed by atoms with Crippen LogP contribution in [0.25, 0.3) is 49.2 Å². The van der Waals surface area contributed by atoms with E-state index >= 15 is 0 Å². The van der Waals surface area contributed by atoms with Gasteiger partial charge in [-0.1, -0.05) is 103 Å². The van der Waals surface area contributed by atoms with E-state index in [9.17, 15) is 0 Å². The Bertz CT molecular complexity index is 2310. The van der Waals surface area contributed by atoms with Crippen LogP contribution in [0.2, 0.25) is 0 Å². The lowest BCUT2D eigenvalue weighted by atomic mass is 9.97. The lowest BCUT2D eigenvalue weighted by Gasteiger charge is -2.22. The normalized spacial score (nSPS) is 15.6. The van der Waals surface area contributed by atoms with Crippen molar-refractivity contribution in [1.82, 2.24) is 9.13 Å². The average molecular weight is 539 g/mol. The number of hydrogen-bond donors (Lipinski definition) is 0. The molecule has 1 unspecified atom stereocenters. The van der Waals surface area contributed by atoms with E-state index in [1.165, 1.54) is 38.0 Å². The summed E-state index contributed by atoms with van der Waals surface area (Å²) >= 11 is 0. The van der Waals surface area contributed by atoms with Crippen molar-refractivity contribution >= 4 is 55.2 Å². The van der Waals surface area contributed by atoms with Crippen LogP contribution >= 0.6 is 0 Å². The Kier molecular flexibility index (Phi) is 4.99. The van der Waals surface area contributed by atoms with Gasteiger partial charge in [0.05, 0.1) is 28.3 Å². The molecular weight excluding hydrogens is 512 g/mol. The highest BCUT2D eigenvalue weighted by molar-refractivity contribution is 6.31. The summed E-state index contributed by atoms with van der Waals surface area (Å²) in [5.74, 6) is 0.733. The third-order valence-electron chi connectivity index (χ3n) is 8.67. The predicted octanol–water partition coefficient (Wildman–Crippen LogP) is 9.17. The standard InChI is InChI=1S/C38H26N4/c1-4-11-25(12-5-1)31-23-32(26-13-6-2-7-14-26)40-38(39-31)42-33-18-10-15-27-19-20-30-29-21-22-41(28-16-8-3-9-17-28)34(29)24-35(42)37(30)36(27)33/h1-22,24,31H,23H2. The molecule has 1 aliphatic heterocycles. The zero-order chi connectivity index (χ0) is 27.6. The van der Waals surface area contributed by atoms with Crippen molar-refractivity contribution < 1.29 is 0 Å². The van der Waals surface area contributed by atoms with Gasteiger partial charge >= 0.3 is 0 Å². The maximum Gasteiger partial charge on any atom is 0.230 e. The molecule has 6 aromatic carbocycles. The summed E-state index contributed by atoms with van der Waals surface area (Å²) in [6.45, 7) is 0. The highest BCUT2D eigenvalue weighted by Gasteiger charge is 2.26. The fraction of sp³-hybridized carbons (Fsp3) is 0.0526. The number of aromatic nitrogens is 2. The number of aliphatic imine (C=N–C) groups is 2. The Balaban J connectivity index is 1.38. The summed E-state index contributed by atoms with van der Waals surface area (Å²) in [6.07, 6.45) is 2.94. The summed E-state index contributed by atoms with van der Waals surface area (Å²) in [7, 11) is 0. The molecule has 1 atom stereocenters. The Morgan fingerprint density at radius 3 is 2.17 bits per heavy atom. The topological polar surface area (TPSA) is 34.6 Å². The molecule has 3 heterocycles. The second-order valence-corrected chi connectivity index (χ2v) is 11.0. The van der Waals surface area contributed by atoms with E-state index < -0.39 is 0 Å². The number of nitrogens with zero attached hydrogens (tertiary/aromatic N) is 4. The van der Waals surface area contributed by atoms with E-state index in [0.29, 0.717) is 0 Å². The van der Waals surface area contributed by atoms with Gasteiger partial charge in [-0.25, -0.2) is 9.98 Å². The van der Waals surface area contributed by atoms with Crippen LogP contribution in [0.15, 0.2) is 150 Å². The highest BCUT2D eigenvalue weighted by atomic mass is 15.2. The fourth-order valence-corrected chi connectivity index (χ4v) is 6.74. The molecule has 8 aromatic rings. The second kappa shape index (κ2) is 9.02. The van der Waals surface area contributed by atoms with Crippen molar-refractivity contribution in [3.63, 3.8) is 0 Å². The van der Waals surface area contributed by atoms with E-state index in [1.807, 2.05) is 0 Å². The summed E-state index contributed by atoms with van der Waals surface area (Å²) in [4.78, 5) is 10.7. The van der Waals surface area contributed by atoms with Gasteiger partial charge in [-0.05, 0) is 52.2 Å². The smallest absolute Gasteiger partial charge is 0.230 e. The van der Waals surface area contributed by atoms with Crippen molar-refractivity contribution in [3.8, 4) is 5.69 Å². The van der Waals surface area contributed by atoms with E-state index in [1.54, 1.807) is 0 Å². The largest absolute Gasteiger partial charge is 0.316 e. The van der Waals surface area contributed by atoms with Crippen LogP contribution in [-0.2, 0) is 0 Å². The average Bonchev–Trinajstić information content (AvgIpc) is 3.64. The van der Waals surface area contributed by atoms with Gasteiger partial charge in [-0.2, -0.15) is 0 Å². The van der Waals surface area contributed by atoms with Crippen molar-refractivity contribution in [3.05, 3.63) is 151 Å². The highest BCUT2D eigenvalue weighted by Crippen LogP contribution is 2.42. The first-order chi connectivity index (χ1) is 20.8. The summed E-state index contributed by atoms with van der Waals surface area (Å²) < 4.78 is 4.58. The molecule has 4 nitrogen and oxygen atoms in total. The third kappa shape index (κ3) is 3.42. The lowest BCUT2D eigenvalue weighted by Crippen LogP contribution is -2.21. The minimum Gasteiger partial charge on any atom is -0.316 e. The van der Waals surface area contributed by atoms with Crippen molar-refractivity contribution in [1.29, 1.82) is 0 Å². The van der Waals surface area contributed by atoms with Gasteiger partial charge in [0.15, 0.2) is 0 Å². The molecule has 0 aliphatic carbocycles. The Morgan fingerprint density at radius 1 is 0.595 bits per heavy atom. The quantitative estimate of drug-likeness (QED) is 0.201. The molecule has 0 N–H and O–H groups in total. The first-order valence-electron chi connectivity index (χ1n) is 14.4. The molecule has 0 spiro atoms. The third-order valence-corrected chi connectivity index (χ3v) is 8.67. The Morgan fingerprint density at radius 2 is 1.36 bits per heavy atom. The van der Waals surface area contributed by atoms with Gasteiger partial charge in [-0.3, -0.25) is 4.57 Å². The molecule has 0 saturated heterocycles. The zero-order valence-electron chi connectivity index (χ0n) is 22.9. The molecule has 198 valence electrons. The second-order valence-electron chi connectivity index (χ2n) is 11.0. The zero-order valence-corrected chi connectivity index (χ0v) is 22.9. The maximum atomic E-state index is 5.36. The Labute approximate surface area is 242 Å². The first-order valence-corrected chi connectivity index (χ1v) is 14.4. The molecule has 0 fully saturated rings. The van der Waals surface area contributed by atoms with Crippen LogP contribution in [0.1, 0.15) is 23.6 Å². The summed E-state index contributed by atoms with van der Waals surface area (Å²) in [5.41, 5.74) is 7.97. The number of fused-ring (bicyclic) bond motifs is 2. The van der Waals surface area contributed by atoms with Gasteiger partial charge in [0.1, 0.15) is 0 Å². The van der Waals surface area contributed by atoms with Crippen LogP contribution in [-0.4, -0.2) is 20.8 Å². The molecule has 0 bridgehead atoms. The SMILES string of the molecule is c1ccc(C2=NC(n3c4cccc5ccc6c7ccn(-c8ccccc8)c7cc3c6c54)=NC(c3ccccc3)C2)cc1. The van der Waals surface area contributed by atoms with Crippen LogP contribution in [0.5, 0.6) is 0 Å². The van der Waals surface area contributed by atoms with E-state index in [2.05, 4.69) is 149 Å². The van der Waals surface area contributed by atoms with Crippen LogP contribution in [0.3, 0.4) is 0 Å². The van der Waals surface area contributed by atoms with Crippen LogP contribution < -0.4 is 0 Å². The van der Waals surface area contributed by atoms with Gasteiger partial charge in [-0.15, -0.1) is 0 Å². The first kappa shape index (κ1) is 23.2. The molecule has 4 heteroatoms. The van der Waals surface area contributed by atoms with Crippen molar-refractivity contribution in [2.24, 2.45) is 9.98 Å². The Hall–Kier alpha value is -5.48. The van der Waals surface area contributed by atoms with Crippen LogP contribution in [0, 0.1) is 0 Å². The summed E-state index contributed by atoms with van der Waals surface area (Å²) in [5, 5.41) is 6.26. The van der Waals surface area contributed by atoms with Gasteiger partial charge in [0, 0.05) is 34.5 Å². The van der Waals surface area contributed by atoms with Crippen LogP contribution in [0.4, 0.5) is 0 Å². The predicted molar refractivity (Wildman–Crippen MR) is 175 cm³/mol. The van der Waals surface area contributed by atoms with E-state index in [4.69, 9.17) is 9.98 Å². The molecule has 0 amide bonds. The molecule has 0 radical (unpaired) electrons.